The van der Waals surface area contributed by atoms with Gasteiger partial charge in [-0.15, -0.1) is 0 Å². The van der Waals surface area contributed by atoms with Crippen LogP contribution in [0.25, 0.3) is 0 Å². The van der Waals surface area contributed by atoms with Gasteiger partial charge in [0.1, 0.15) is 0 Å². The minimum atomic E-state index is -0.552. The van der Waals surface area contributed by atoms with Gasteiger partial charge in [-0.05, 0) is 25.7 Å². The third kappa shape index (κ3) is 27.0. The number of carbonyl (C=O) groups excluding carboxylic acids is 2. The molecular formula is C16H34O6. The second kappa shape index (κ2) is 24.6. The number of hydrogen-bond donors (Lipinski definition) is 0. The third-order valence-corrected chi connectivity index (χ3v) is 1.70. The Bertz CT molecular complexity index is 187. The van der Waals surface area contributed by atoms with Crippen molar-refractivity contribution in [3.63, 3.8) is 0 Å². The van der Waals surface area contributed by atoms with Crippen molar-refractivity contribution in [1.29, 1.82) is 0 Å². The van der Waals surface area contributed by atoms with E-state index >= 15 is 0 Å². The fourth-order valence-corrected chi connectivity index (χ4v) is 0.825. The zero-order valence-corrected chi connectivity index (χ0v) is 15.1. The van der Waals surface area contributed by atoms with Crippen molar-refractivity contribution in [1.82, 2.24) is 0 Å². The molecule has 0 aromatic carbocycles. The maximum Gasteiger partial charge on any atom is 0.508 e. The fraction of sp³-hybridized carbons (Fsp3) is 0.875. The van der Waals surface area contributed by atoms with E-state index in [-0.39, 0.29) is 0 Å². The fourth-order valence-electron chi connectivity index (χ4n) is 0.825. The Morgan fingerprint density at radius 2 is 0.727 bits per heavy atom. The molecule has 0 aromatic heterocycles. The largest absolute Gasteiger partial charge is 0.508 e. The Balaban J connectivity index is -0.000000294. The first kappa shape index (κ1) is 25.5. The Morgan fingerprint density at radius 1 is 0.545 bits per heavy atom. The molecule has 0 radical (unpaired) electrons. The highest BCUT2D eigenvalue weighted by Crippen LogP contribution is 1.89. The normalized spacial score (nSPS) is 8.45. The van der Waals surface area contributed by atoms with Crippen molar-refractivity contribution in [2.75, 3.05) is 26.4 Å². The van der Waals surface area contributed by atoms with E-state index in [0.29, 0.717) is 26.4 Å². The molecule has 0 aliphatic carbocycles. The molecule has 0 N–H and O–H groups in total. The number of carbonyl (C=O) groups is 2. The van der Waals surface area contributed by atoms with Crippen LogP contribution in [0.2, 0.25) is 0 Å². The first-order valence-electron chi connectivity index (χ1n) is 8.21. The van der Waals surface area contributed by atoms with E-state index in [9.17, 15) is 9.59 Å². The maximum atomic E-state index is 10.5. The molecule has 0 rings (SSSR count). The van der Waals surface area contributed by atoms with E-state index in [0.717, 1.165) is 25.7 Å². The van der Waals surface area contributed by atoms with Crippen molar-refractivity contribution in [3.8, 4) is 0 Å². The van der Waals surface area contributed by atoms with Crippen LogP contribution in [0.15, 0.2) is 0 Å². The van der Waals surface area contributed by atoms with Crippen molar-refractivity contribution in [3.05, 3.63) is 0 Å². The summed E-state index contributed by atoms with van der Waals surface area (Å²) in [6.07, 6.45) is 2.23. The predicted molar refractivity (Wildman–Crippen MR) is 87.1 cm³/mol. The van der Waals surface area contributed by atoms with Crippen LogP contribution in [0.1, 0.15) is 67.2 Å². The zero-order valence-electron chi connectivity index (χ0n) is 15.1. The monoisotopic (exact) mass is 322 g/mol. The molecule has 0 unspecified atom stereocenters. The van der Waals surface area contributed by atoms with Crippen molar-refractivity contribution in [2.24, 2.45) is 0 Å². The van der Waals surface area contributed by atoms with Gasteiger partial charge in [-0.2, -0.15) is 0 Å². The molecule has 0 saturated carbocycles. The molecule has 0 amide bonds. The Labute approximate surface area is 135 Å². The predicted octanol–water partition coefficient (Wildman–Crippen LogP) is 4.95. The van der Waals surface area contributed by atoms with Crippen molar-refractivity contribution in [2.45, 2.75) is 67.2 Å². The van der Waals surface area contributed by atoms with Gasteiger partial charge in [0, 0.05) is 0 Å². The lowest BCUT2D eigenvalue weighted by Gasteiger charge is -2.02. The van der Waals surface area contributed by atoms with Crippen LogP contribution in [0.4, 0.5) is 9.59 Å². The smallest absolute Gasteiger partial charge is 0.434 e. The molecule has 0 aliphatic rings. The first-order valence-corrected chi connectivity index (χ1v) is 8.21. The molecule has 0 spiro atoms. The van der Waals surface area contributed by atoms with Crippen molar-refractivity contribution >= 4 is 12.3 Å². The molecule has 0 bridgehead atoms. The molecule has 0 aliphatic heterocycles. The highest BCUT2D eigenvalue weighted by molar-refractivity contribution is 5.59. The summed E-state index contributed by atoms with van der Waals surface area (Å²) in [6.45, 7) is 13.5. The van der Waals surface area contributed by atoms with E-state index in [2.05, 4.69) is 18.9 Å². The Hall–Kier alpha value is -1.46. The Kier molecular flexibility index (Phi) is 28.4. The van der Waals surface area contributed by atoms with Crippen LogP contribution in [-0.4, -0.2) is 38.7 Å². The van der Waals surface area contributed by atoms with E-state index in [1.807, 2.05) is 41.5 Å². The lowest BCUT2D eigenvalue weighted by atomic mass is 10.5. The summed E-state index contributed by atoms with van der Waals surface area (Å²) in [5.41, 5.74) is 0. The van der Waals surface area contributed by atoms with E-state index in [1.54, 1.807) is 0 Å². The van der Waals surface area contributed by atoms with Gasteiger partial charge in [0.15, 0.2) is 0 Å². The van der Waals surface area contributed by atoms with Gasteiger partial charge in [-0.1, -0.05) is 41.5 Å². The van der Waals surface area contributed by atoms with Gasteiger partial charge in [0.05, 0.1) is 26.4 Å². The number of hydrogen-bond acceptors (Lipinski definition) is 6. The van der Waals surface area contributed by atoms with Crippen LogP contribution in [0.3, 0.4) is 0 Å². The number of rotatable bonds is 8. The minimum Gasteiger partial charge on any atom is -0.434 e. The summed E-state index contributed by atoms with van der Waals surface area (Å²) in [7, 11) is 0. The zero-order chi connectivity index (χ0) is 17.6. The van der Waals surface area contributed by atoms with E-state index in [4.69, 9.17) is 0 Å². The quantitative estimate of drug-likeness (QED) is 0.589. The summed E-state index contributed by atoms with van der Waals surface area (Å²) < 4.78 is 18.5. The maximum absolute atomic E-state index is 10.5. The summed E-state index contributed by atoms with van der Waals surface area (Å²) in [6, 6.07) is 0. The van der Waals surface area contributed by atoms with E-state index in [1.165, 1.54) is 0 Å². The van der Waals surface area contributed by atoms with Crippen LogP contribution in [0.5, 0.6) is 0 Å². The van der Waals surface area contributed by atoms with Gasteiger partial charge in [0.25, 0.3) is 0 Å². The molecule has 0 fully saturated rings. The van der Waals surface area contributed by atoms with Crippen molar-refractivity contribution < 1.29 is 28.5 Å². The summed E-state index contributed by atoms with van der Waals surface area (Å²) in [4.78, 5) is 21.0. The van der Waals surface area contributed by atoms with E-state index < -0.39 is 12.3 Å². The number of ether oxygens (including phenoxy) is 4. The molecule has 6 nitrogen and oxygen atoms in total. The third-order valence-electron chi connectivity index (χ3n) is 1.70. The second-order valence-corrected chi connectivity index (χ2v) is 3.89. The first-order chi connectivity index (χ1) is 10.6. The highest BCUT2D eigenvalue weighted by atomic mass is 16.7. The Morgan fingerprint density at radius 3 is 0.864 bits per heavy atom. The van der Waals surface area contributed by atoms with Gasteiger partial charge in [-0.25, -0.2) is 9.59 Å². The molecule has 134 valence electrons. The summed E-state index contributed by atoms with van der Waals surface area (Å²) in [5, 5.41) is 0. The van der Waals surface area contributed by atoms with Crippen LogP contribution in [0, 0.1) is 0 Å². The summed E-state index contributed by atoms with van der Waals surface area (Å²) >= 11 is 0. The topological polar surface area (TPSA) is 71.1 Å². The molecule has 0 heterocycles. The lowest BCUT2D eigenvalue weighted by Crippen LogP contribution is -2.08. The average molecular weight is 322 g/mol. The standard InChI is InChI=1S/2C7H14O3.C2H6/c2*1-3-5-9-7(8)10-6-4-2;1-2/h2*3-6H2,1-2H3;1-2H3. The molecule has 0 saturated heterocycles. The molecule has 0 aromatic rings. The lowest BCUT2D eigenvalue weighted by molar-refractivity contribution is 0.0545. The average Bonchev–Trinajstić information content (AvgIpc) is 2.56. The summed E-state index contributed by atoms with van der Waals surface area (Å²) in [5.74, 6) is 0. The SMILES string of the molecule is CC.CCCOC(=O)OCCC.CCCOC(=O)OCCC. The van der Waals surface area contributed by atoms with Gasteiger partial charge < -0.3 is 18.9 Å². The van der Waals surface area contributed by atoms with Crippen LogP contribution in [-0.2, 0) is 18.9 Å². The molecular weight excluding hydrogens is 288 g/mol. The van der Waals surface area contributed by atoms with Gasteiger partial charge in [0.2, 0.25) is 0 Å². The molecule has 6 heteroatoms. The van der Waals surface area contributed by atoms with Crippen LogP contribution < -0.4 is 0 Å². The second-order valence-electron chi connectivity index (χ2n) is 3.89. The van der Waals surface area contributed by atoms with Gasteiger partial charge >= 0.3 is 12.3 Å². The van der Waals surface area contributed by atoms with Crippen LogP contribution >= 0.6 is 0 Å². The highest BCUT2D eigenvalue weighted by Gasteiger charge is 2.00. The van der Waals surface area contributed by atoms with Gasteiger partial charge in [-0.3, -0.25) is 0 Å². The molecule has 22 heavy (non-hydrogen) atoms. The molecule has 0 atom stereocenters. The minimum absolute atomic E-state index is 0.447.